The summed E-state index contributed by atoms with van der Waals surface area (Å²) in [6.07, 6.45) is -0.200. The minimum atomic E-state index is -0.466. The second kappa shape index (κ2) is 6.46. The number of nitrogens with zero attached hydrogens (tertiary/aromatic N) is 1. The molecule has 84 valence electrons. The van der Waals surface area contributed by atoms with Gasteiger partial charge in [-0.1, -0.05) is 18.2 Å². The molecule has 0 saturated carbocycles. The Kier molecular flexibility index (Phi) is 4.87. The number of carbonyl (C=O) groups is 1. The molecule has 0 radical (unpaired) electrons. The lowest BCUT2D eigenvalue weighted by molar-refractivity contribution is -0.150. The van der Waals surface area contributed by atoms with Crippen LogP contribution >= 0.6 is 0 Å². The van der Waals surface area contributed by atoms with Crippen molar-refractivity contribution in [3.8, 4) is 11.8 Å². The SMILES string of the molecule is C[C@H](CC#N)OC(=O)COc1ccccc1. The van der Waals surface area contributed by atoms with E-state index < -0.39 is 12.1 Å². The van der Waals surface area contributed by atoms with Crippen molar-refractivity contribution in [3.63, 3.8) is 0 Å². The van der Waals surface area contributed by atoms with E-state index in [1.165, 1.54) is 0 Å². The van der Waals surface area contributed by atoms with Gasteiger partial charge in [0.15, 0.2) is 6.61 Å². The van der Waals surface area contributed by atoms with Gasteiger partial charge in [-0.25, -0.2) is 4.79 Å². The molecule has 0 unspecified atom stereocenters. The summed E-state index contributed by atoms with van der Waals surface area (Å²) in [4.78, 5) is 11.2. The molecule has 1 aromatic rings. The van der Waals surface area contributed by atoms with Crippen LogP contribution in [0.2, 0.25) is 0 Å². The highest BCUT2D eigenvalue weighted by Gasteiger charge is 2.09. The van der Waals surface area contributed by atoms with E-state index in [2.05, 4.69) is 0 Å². The van der Waals surface area contributed by atoms with Crippen LogP contribution in [0.1, 0.15) is 13.3 Å². The van der Waals surface area contributed by atoms with Crippen molar-refractivity contribution in [2.75, 3.05) is 6.61 Å². The average Bonchev–Trinajstić information content (AvgIpc) is 2.28. The molecule has 0 N–H and O–H groups in total. The Morgan fingerprint density at radius 1 is 1.44 bits per heavy atom. The topological polar surface area (TPSA) is 59.3 Å². The zero-order valence-corrected chi connectivity index (χ0v) is 9.05. The predicted octanol–water partition coefficient (Wildman–Crippen LogP) is 1.91. The number of benzene rings is 1. The molecule has 0 aliphatic carbocycles. The third kappa shape index (κ3) is 4.47. The third-order valence-corrected chi connectivity index (χ3v) is 1.81. The number of hydrogen-bond acceptors (Lipinski definition) is 4. The van der Waals surface area contributed by atoms with Gasteiger partial charge in [0, 0.05) is 0 Å². The average molecular weight is 219 g/mol. The number of hydrogen-bond donors (Lipinski definition) is 0. The van der Waals surface area contributed by atoms with Gasteiger partial charge < -0.3 is 9.47 Å². The van der Waals surface area contributed by atoms with Crippen molar-refractivity contribution < 1.29 is 14.3 Å². The van der Waals surface area contributed by atoms with Crippen LogP contribution in [-0.2, 0) is 9.53 Å². The van der Waals surface area contributed by atoms with E-state index >= 15 is 0 Å². The molecular formula is C12H13NO3. The molecule has 0 spiro atoms. The highest BCUT2D eigenvalue weighted by Crippen LogP contribution is 2.08. The molecule has 0 fully saturated rings. The molecule has 0 aliphatic heterocycles. The molecule has 0 saturated heterocycles. The maximum absolute atomic E-state index is 11.2. The van der Waals surface area contributed by atoms with Crippen LogP contribution in [0.5, 0.6) is 5.75 Å². The first-order valence-corrected chi connectivity index (χ1v) is 4.96. The summed E-state index contributed by atoms with van der Waals surface area (Å²) in [6, 6.07) is 10.9. The van der Waals surface area contributed by atoms with Crippen LogP contribution in [0.25, 0.3) is 0 Å². The van der Waals surface area contributed by atoms with E-state index in [4.69, 9.17) is 14.7 Å². The minimum absolute atomic E-state index is 0.139. The minimum Gasteiger partial charge on any atom is -0.482 e. The molecule has 0 aromatic heterocycles. The Bertz CT molecular complexity index is 370. The normalized spacial score (nSPS) is 11.2. The Morgan fingerprint density at radius 2 is 2.12 bits per heavy atom. The van der Waals surface area contributed by atoms with Gasteiger partial charge in [0.05, 0.1) is 12.5 Å². The molecule has 1 rings (SSSR count). The van der Waals surface area contributed by atoms with Crippen molar-refractivity contribution in [1.29, 1.82) is 5.26 Å². The maximum Gasteiger partial charge on any atom is 0.344 e. The van der Waals surface area contributed by atoms with Crippen LogP contribution in [0.15, 0.2) is 30.3 Å². The second-order valence-corrected chi connectivity index (χ2v) is 3.26. The lowest BCUT2D eigenvalue weighted by Crippen LogP contribution is -2.20. The summed E-state index contributed by atoms with van der Waals surface area (Å²) in [5.74, 6) is 0.152. The van der Waals surface area contributed by atoms with Crippen molar-refractivity contribution >= 4 is 5.97 Å². The van der Waals surface area contributed by atoms with Crippen LogP contribution < -0.4 is 4.74 Å². The van der Waals surface area contributed by atoms with E-state index in [9.17, 15) is 4.79 Å². The number of esters is 1. The summed E-state index contributed by atoms with van der Waals surface area (Å²) in [5, 5.41) is 8.38. The van der Waals surface area contributed by atoms with Crippen LogP contribution in [0.4, 0.5) is 0 Å². The van der Waals surface area contributed by atoms with Gasteiger partial charge in [-0.05, 0) is 19.1 Å². The monoisotopic (exact) mass is 219 g/mol. The van der Waals surface area contributed by atoms with E-state index in [-0.39, 0.29) is 13.0 Å². The van der Waals surface area contributed by atoms with Crippen LogP contribution in [-0.4, -0.2) is 18.7 Å². The Hall–Kier alpha value is -2.02. The summed E-state index contributed by atoms with van der Waals surface area (Å²) in [5.41, 5.74) is 0. The highest BCUT2D eigenvalue weighted by molar-refractivity contribution is 5.71. The van der Waals surface area contributed by atoms with Crippen LogP contribution in [0, 0.1) is 11.3 Å². The smallest absolute Gasteiger partial charge is 0.344 e. The summed E-state index contributed by atoms with van der Waals surface area (Å²) < 4.78 is 10.1. The molecule has 4 nitrogen and oxygen atoms in total. The van der Waals surface area contributed by atoms with Gasteiger partial charge in [-0.2, -0.15) is 5.26 Å². The number of ether oxygens (including phenoxy) is 2. The maximum atomic E-state index is 11.2. The van der Waals surface area contributed by atoms with Crippen molar-refractivity contribution in [2.45, 2.75) is 19.4 Å². The first kappa shape index (κ1) is 12.1. The fourth-order valence-electron chi connectivity index (χ4n) is 1.09. The van der Waals surface area contributed by atoms with E-state index in [1.807, 2.05) is 24.3 Å². The van der Waals surface area contributed by atoms with E-state index in [0.29, 0.717) is 5.75 Å². The third-order valence-electron chi connectivity index (χ3n) is 1.81. The summed E-state index contributed by atoms with van der Waals surface area (Å²) in [6.45, 7) is 1.53. The van der Waals surface area contributed by atoms with Gasteiger partial charge in [-0.15, -0.1) is 0 Å². The molecule has 1 atom stereocenters. The lowest BCUT2D eigenvalue weighted by atomic mass is 10.3. The van der Waals surface area contributed by atoms with E-state index in [0.717, 1.165) is 0 Å². The number of para-hydroxylation sites is 1. The fourth-order valence-corrected chi connectivity index (χ4v) is 1.09. The zero-order chi connectivity index (χ0) is 11.8. The number of nitriles is 1. The summed E-state index contributed by atoms with van der Waals surface area (Å²) in [7, 11) is 0. The van der Waals surface area contributed by atoms with E-state index in [1.54, 1.807) is 19.1 Å². The highest BCUT2D eigenvalue weighted by atomic mass is 16.6. The standard InChI is InChI=1S/C12H13NO3/c1-10(7-8-13)16-12(14)9-15-11-5-3-2-4-6-11/h2-6,10H,7,9H2,1H3/t10-/m1/s1. The van der Waals surface area contributed by atoms with Gasteiger partial charge >= 0.3 is 5.97 Å². The largest absolute Gasteiger partial charge is 0.482 e. The Balaban J connectivity index is 2.28. The van der Waals surface area contributed by atoms with Gasteiger partial charge in [0.25, 0.3) is 0 Å². The molecule has 1 aromatic carbocycles. The summed E-state index contributed by atoms with van der Waals surface area (Å²) >= 11 is 0. The molecule has 0 aliphatic rings. The second-order valence-electron chi connectivity index (χ2n) is 3.26. The van der Waals surface area contributed by atoms with Crippen LogP contribution in [0.3, 0.4) is 0 Å². The zero-order valence-electron chi connectivity index (χ0n) is 9.05. The van der Waals surface area contributed by atoms with Gasteiger partial charge in [-0.3, -0.25) is 0 Å². The Morgan fingerprint density at radius 3 is 2.75 bits per heavy atom. The van der Waals surface area contributed by atoms with Crippen molar-refractivity contribution in [2.24, 2.45) is 0 Å². The van der Waals surface area contributed by atoms with Crippen molar-refractivity contribution in [3.05, 3.63) is 30.3 Å². The Labute approximate surface area is 94.4 Å². The molecule has 0 amide bonds. The first-order valence-electron chi connectivity index (χ1n) is 4.96. The number of rotatable bonds is 5. The molecule has 4 heteroatoms. The quantitative estimate of drug-likeness (QED) is 0.710. The predicted molar refractivity (Wildman–Crippen MR) is 57.7 cm³/mol. The molecule has 16 heavy (non-hydrogen) atoms. The fraction of sp³-hybridized carbons (Fsp3) is 0.333. The number of carbonyl (C=O) groups excluding carboxylic acids is 1. The first-order chi connectivity index (χ1) is 7.72. The molecule has 0 bridgehead atoms. The lowest BCUT2D eigenvalue weighted by Gasteiger charge is -2.10. The molecule has 0 heterocycles. The molecular weight excluding hydrogens is 206 g/mol. The van der Waals surface area contributed by atoms with Gasteiger partial charge in [0.2, 0.25) is 0 Å². The van der Waals surface area contributed by atoms with Gasteiger partial charge in [0.1, 0.15) is 11.9 Å². The van der Waals surface area contributed by atoms with Crippen molar-refractivity contribution in [1.82, 2.24) is 0 Å².